The van der Waals surface area contributed by atoms with Gasteiger partial charge >= 0.3 is 0 Å². The van der Waals surface area contributed by atoms with E-state index < -0.39 is 0 Å². The first-order valence-electron chi connectivity index (χ1n) is 5.88. The Kier molecular flexibility index (Phi) is 9.79. The largest absolute Gasteiger partial charge is 0.122 e. The second-order valence-corrected chi connectivity index (χ2v) is 3.72. The van der Waals surface area contributed by atoms with Crippen LogP contribution in [0, 0.1) is 0 Å². The van der Waals surface area contributed by atoms with Gasteiger partial charge in [0.1, 0.15) is 0 Å². The second kappa shape index (κ2) is 10.3. The van der Waals surface area contributed by atoms with Gasteiger partial charge in [-0.05, 0) is 37.8 Å². The van der Waals surface area contributed by atoms with E-state index in [9.17, 15) is 0 Å². The summed E-state index contributed by atoms with van der Waals surface area (Å²) in [7, 11) is 0. The number of hydrogen-bond donors (Lipinski definition) is 0. The molecule has 0 bridgehead atoms. The number of allylic oxidation sites excluding steroid dienone is 3. The molecule has 0 aliphatic heterocycles. The molecule has 0 spiro atoms. The van der Waals surface area contributed by atoms with Gasteiger partial charge in [0, 0.05) is 0 Å². The minimum Gasteiger partial charge on any atom is -0.122 e. The average molecular weight is 192 g/mol. The lowest BCUT2D eigenvalue weighted by atomic mass is 10.1. The Morgan fingerprint density at radius 1 is 1.14 bits per heavy atom. The van der Waals surface area contributed by atoms with Crippen LogP contribution < -0.4 is 0 Å². The normalized spacial score (nSPS) is 10.2. The van der Waals surface area contributed by atoms with Crippen LogP contribution in [0.5, 0.6) is 0 Å². The van der Waals surface area contributed by atoms with Gasteiger partial charge in [0.05, 0.1) is 0 Å². The summed E-state index contributed by atoms with van der Waals surface area (Å²) in [5.41, 5.74) is 4.56. The Morgan fingerprint density at radius 2 is 1.93 bits per heavy atom. The lowest BCUT2D eigenvalue weighted by Gasteiger charge is -1.92. The summed E-state index contributed by atoms with van der Waals surface area (Å²) in [6.45, 7) is 6.52. The van der Waals surface area contributed by atoms with E-state index in [0.717, 1.165) is 6.42 Å². The molecule has 0 heterocycles. The maximum absolute atomic E-state index is 3.24. The van der Waals surface area contributed by atoms with Crippen LogP contribution >= 0.6 is 0 Å². The summed E-state index contributed by atoms with van der Waals surface area (Å²) < 4.78 is 0. The van der Waals surface area contributed by atoms with E-state index in [2.05, 4.69) is 38.7 Å². The molecule has 0 amide bonds. The van der Waals surface area contributed by atoms with Crippen LogP contribution in [-0.4, -0.2) is 0 Å². The highest BCUT2D eigenvalue weighted by Crippen LogP contribution is 2.02. The standard InChI is InChI=1S/C14H24/c1-4-6-7-8-9-10-11-12-13-14(3)5-2/h10-12H,4-9H2,1-3H3. The third-order valence-electron chi connectivity index (χ3n) is 2.32. The summed E-state index contributed by atoms with van der Waals surface area (Å²) in [6, 6.07) is 0. The molecule has 0 saturated carbocycles. The first-order valence-corrected chi connectivity index (χ1v) is 5.88. The van der Waals surface area contributed by atoms with Crippen LogP contribution in [0.15, 0.2) is 29.5 Å². The van der Waals surface area contributed by atoms with E-state index in [1.807, 2.05) is 6.08 Å². The number of unbranched alkanes of at least 4 members (excludes halogenated alkanes) is 4. The SMILES string of the molecule is CCCCCCC=CC=C=C(C)CC. The fourth-order valence-corrected chi connectivity index (χ4v) is 1.15. The summed E-state index contributed by atoms with van der Waals surface area (Å²) in [5, 5.41) is 0. The van der Waals surface area contributed by atoms with E-state index >= 15 is 0 Å². The van der Waals surface area contributed by atoms with Crippen molar-refractivity contribution in [1.82, 2.24) is 0 Å². The molecule has 0 heteroatoms. The van der Waals surface area contributed by atoms with Crippen LogP contribution in [0.3, 0.4) is 0 Å². The third kappa shape index (κ3) is 9.35. The van der Waals surface area contributed by atoms with Gasteiger partial charge in [-0.1, -0.05) is 45.3 Å². The Labute approximate surface area is 89.4 Å². The first kappa shape index (κ1) is 13.3. The summed E-state index contributed by atoms with van der Waals surface area (Å²) in [6.07, 6.45) is 14.1. The van der Waals surface area contributed by atoms with Crippen molar-refractivity contribution in [3.05, 3.63) is 29.5 Å². The highest BCUT2D eigenvalue weighted by molar-refractivity contribution is 5.06. The zero-order chi connectivity index (χ0) is 10.6. The van der Waals surface area contributed by atoms with Crippen molar-refractivity contribution in [3.8, 4) is 0 Å². The predicted molar refractivity (Wildman–Crippen MR) is 65.5 cm³/mol. The minimum atomic E-state index is 1.10. The highest BCUT2D eigenvalue weighted by Gasteiger charge is 1.83. The first-order chi connectivity index (χ1) is 6.81. The van der Waals surface area contributed by atoms with E-state index in [-0.39, 0.29) is 0 Å². The fourth-order valence-electron chi connectivity index (χ4n) is 1.15. The van der Waals surface area contributed by atoms with Crippen molar-refractivity contribution in [2.24, 2.45) is 0 Å². The van der Waals surface area contributed by atoms with Crippen LogP contribution in [0.4, 0.5) is 0 Å². The fraction of sp³-hybridized carbons (Fsp3) is 0.643. The molecule has 0 rings (SSSR count). The molecule has 0 aromatic carbocycles. The van der Waals surface area contributed by atoms with Gasteiger partial charge in [-0.3, -0.25) is 0 Å². The Balaban J connectivity index is 3.49. The topological polar surface area (TPSA) is 0 Å². The van der Waals surface area contributed by atoms with Crippen molar-refractivity contribution in [1.29, 1.82) is 0 Å². The third-order valence-corrected chi connectivity index (χ3v) is 2.32. The van der Waals surface area contributed by atoms with E-state index in [0.29, 0.717) is 0 Å². The quantitative estimate of drug-likeness (QED) is 0.302. The maximum atomic E-state index is 3.24. The van der Waals surface area contributed by atoms with E-state index in [1.54, 1.807) is 0 Å². The van der Waals surface area contributed by atoms with Crippen LogP contribution in [0.25, 0.3) is 0 Å². The van der Waals surface area contributed by atoms with Gasteiger partial charge in [-0.2, -0.15) is 0 Å². The van der Waals surface area contributed by atoms with Gasteiger partial charge in [-0.25, -0.2) is 0 Å². The summed E-state index contributed by atoms with van der Waals surface area (Å²) in [4.78, 5) is 0. The smallest absolute Gasteiger partial charge is 0.0204 e. The highest BCUT2D eigenvalue weighted by atomic mass is 13.9. The molecule has 0 radical (unpaired) electrons. The van der Waals surface area contributed by atoms with Crippen molar-refractivity contribution >= 4 is 0 Å². The van der Waals surface area contributed by atoms with Crippen LogP contribution in [0.2, 0.25) is 0 Å². The predicted octanol–water partition coefficient (Wildman–Crippen LogP) is 5.02. The lowest BCUT2D eigenvalue weighted by molar-refractivity contribution is 0.674. The summed E-state index contributed by atoms with van der Waals surface area (Å²) in [5.74, 6) is 0. The van der Waals surface area contributed by atoms with Crippen molar-refractivity contribution < 1.29 is 0 Å². The Bertz CT molecular complexity index is 202. The molecule has 0 saturated heterocycles. The van der Waals surface area contributed by atoms with Gasteiger partial charge in [0.25, 0.3) is 0 Å². The van der Waals surface area contributed by atoms with Gasteiger partial charge in [-0.15, -0.1) is 5.73 Å². The Hall–Kier alpha value is -0.740. The molecule has 0 nitrogen and oxygen atoms in total. The molecule has 14 heavy (non-hydrogen) atoms. The molecule has 0 N–H and O–H groups in total. The van der Waals surface area contributed by atoms with Crippen molar-refractivity contribution in [2.45, 2.75) is 59.3 Å². The van der Waals surface area contributed by atoms with Crippen molar-refractivity contribution in [2.75, 3.05) is 0 Å². The zero-order valence-electron chi connectivity index (χ0n) is 9.97. The molecular formula is C14H24. The van der Waals surface area contributed by atoms with E-state index in [1.165, 1.54) is 37.7 Å². The maximum Gasteiger partial charge on any atom is -0.0204 e. The molecule has 0 fully saturated rings. The molecule has 0 aliphatic carbocycles. The number of rotatable bonds is 7. The van der Waals surface area contributed by atoms with Gasteiger partial charge < -0.3 is 0 Å². The molecule has 80 valence electrons. The summed E-state index contributed by atoms with van der Waals surface area (Å²) >= 11 is 0. The van der Waals surface area contributed by atoms with Crippen LogP contribution in [-0.2, 0) is 0 Å². The molecular weight excluding hydrogens is 168 g/mol. The van der Waals surface area contributed by atoms with Crippen LogP contribution in [0.1, 0.15) is 59.3 Å². The molecule has 0 atom stereocenters. The average Bonchev–Trinajstić information content (AvgIpc) is 2.21. The van der Waals surface area contributed by atoms with Gasteiger partial charge in [0.2, 0.25) is 0 Å². The van der Waals surface area contributed by atoms with Gasteiger partial charge in [0.15, 0.2) is 0 Å². The molecule has 0 aliphatic rings. The van der Waals surface area contributed by atoms with Crippen molar-refractivity contribution in [3.63, 3.8) is 0 Å². The second-order valence-electron chi connectivity index (χ2n) is 3.72. The number of hydrogen-bond acceptors (Lipinski definition) is 0. The Morgan fingerprint density at radius 3 is 2.57 bits per heavy atom. The zero-order valence-corrected chi connectivity index (χ0v) is 9.97. The molecule has 0 aromatic heterocycles. The monoisotopic (exact) mass is 192 g/mol. The molecule has 0 unspecified atom stereocenters. The minimum absolute atomic E-state index is 1.10. The lowest BCUT2D eigenvalue weighted by Crippen LogP contribution is -1.72. The van der Waals surface area contributed by atoms with E-state index in [4.69, 9.17) is 0 Å². The molecule has 0 aromatic rings.